The number of halogens is 3. The van der Waals surface area contributed by atoms with E-state index in [-0.39, 0.29) is 5.91 Å². The summed E-state index contributed by atoms with van der Waals surface area (Å²) in [6, 6.07) is 3.24. The normalized spacial score (nSPS) is 21.0. The first-order valence-electron chi connectivity index (χ1n) is 7.14. The van der Waals surface area contributed by atoms with Crippen molar-refractivity contribution in [1.82, 2.24) is 4.90 Å². The molecule has 1 fully saturated rings. The molecule has 0 N–H and O–H groups in total. The number of thiocarbonyl (C=S) groups is 1. The lowest BCUT2D eigenvalue weighted by Crippen LogP contribution is -2.25. The van der Waals surface area contributed by atoms with Crippen LogP contribution in [0.25, 0.3) is 0 Å². The Labute approximate surface area is 161 Å². The highest BCUT2D eigenvalue weighted by molar-refractivity contribution is 8.27. The molecule has 140 valence electrons. The fraction of sp³-hybridized carbons (Fsp3) is 0.286. The van der Waals surface area contributed by atoms with Crippen LogP contribution in [0.5, 0.6) is 0 Å². The summed E-state index contributed by atoms with van der Waals surface area (Å²) in [5.74, 6) is -0.295. The van der Waals surface area contributed by atoms with Gasteiger partial charge in [0.2, 0.25) is 0 Å². The molecule has 2 aliphatic rings. The molecular formula is C14H11F3N2O3S4. The standard InChI is InChI=1S/C14H11F3N2O3S4/c1-3-19-8-6-7(26(21,22)14(15,16)17)4-5-9(8)24-12(19)10-11(20)18(2)13(23)25-10/h4-6H,3H2,1-2H3/b12-10-. The third-order valence-electron chi connectivity index (χ3n) is 3.76. The number of sulfone groups is 1. The van der Waals surface area contributed by atoms with Gasteiger partial charge in [-0.1, -0.05) is 35.7 Å². The van der Waals surface area contributed by atoms with Crippen molar-refractivity contribution in [3.8, 4) is 0 Å². The lowest BCUT2D eigenvalue weighted by molar-refractivity contribution is -0.121. The predicted octanol–water partition coefficient (Wildman–Crippen LogP) is 3.57. The first-order valence-corrected chi connectivity index (χ1v) is 10.7. The maximum Gasteiger partial charge on any atom is 0.501 e. The van der Waals surface area contributed by atoms with E-state index in [0.717, 1.165) is 23.9 Å². The Kier molecular flexibility index (Phi) is 4.83. The topological polar surface area (TPSA) is 57.7 Å². The SMILES string of the molecule is CCN1/C(=C2/SC(=S)N(C)C2=O)Sc2ccc(S(=O)(=O)C(F)(F)F)cc21. The van der Waals surface area contributed by atoms with E-state index in [9.17, 15) is 26.4 Å². The highest BCUT2D eigenvalue weighted by Gasteiger charge is 2.47. The van der Waals surface area contributed by atoms with Crippen molar-refractivity contribution >= 4 is 61.5 Å². The van der Waals surface area contributed by atoms with Crippen LogP contribution < -0.4 is 4.90 Å². The van der Waals surface area contributed by atoms with Crippen LogP contribution >= 0.6 is 35.7 Å². The number of nitrogens with zero attached hydrogens (tertiary/aromatic N) is 2. The number of amides is 1. The Morgan fingerprint density at radius 3 is 2.38 bits per heavy atom. The molecule has 0 saturated carbocycles. The highest BCUT2D eigenvalue weighted by Crippen LogP contribution is 2.51. The van der Waals surface area contributed by atoms with Crippen molar-refractivity contribution in [2.24, 2.45) is 0 Å². The average molecular weight is 441 g/mol. The maximum atomic E-state index is 12.8. The minimum Gasteiger partial charge on any atom is -0.334 e. The summed E-state index contributed by atoms with van der Waals surface area (Å²) in [5.41, 5.74) is -5.06. The molecule has 0 atom stereocenters. The van der Waals surface area contributed by atoms with Gasteiger partial charge in [0.25, 0.3) is 15.7 Å². The first kappa shape index (κ1) is 19.5. The molecular weight excluding hydrogens is 429 g/mol. The van der Waals surface area contributed by atoms with Crippen molar-refractivity contribution < 1.29 is 26.4 Å². The zero-order valence-corrected chi connectivity index (χ0v) is 16.6. The maximum absolute atomic E-state index is 12.8. The van der Waals surface area contributed by atoms with Crippen molar-refractivity contribution in [2.45, 2.75) is 22.2 Å². The summed E-state index contributed by atoms with van der Waals surface area (Å²) in [6.07, 6.45) is 0. The molecule has 1 aromatic carbocycles. The molecule has 0 unspecified atom stereocenters. The number of fused-ring (bicyclic) bond motifs is 1. The third-order valence-corrected chi connectivity index (χ3v) is 8.10. The van der Waals surface area contributed by atoms with Crippen molar-refractivity contribution in [2.75, 3.05) is 18.5 Å². The van der Waals surface area contributed by atoms with Crippen LogP contribution in [0.1, 0.15) is 6.92 Å². The molecule has 1 aromatic rings. The Morgan fingerprint density at radius 1 is 1.23 bits per heavy atom. The Balaban J connectivity index is 2.10. The summed E-state index contributed by atoms with van der Waals surface area (Å²) >= 11 is 7.42. The van der Waals surface area contributed by atoms with E-state index >= 15 is 0 Å². The molecule has 0 bridgehead atoms. The van der Waals surface area contributed by atoms with Gasteiger partial charge in [-0.3, -0.25) is 9.69 Å². The fourth-order valence-corrected chi connectivity index (χ4v) is 5.73. The summed E-state index contributed by atoms with van der Waals surface area (Å²) in [5, 5.41) is 0.533. The molecule has 2 aliphatic heterocycles. The van der Waals surface area contributed by atoms with E-state index < -0.39 is 20.2 Å². The molecule has 0 aromatic heterocycles. The largest absolute Gasteiger partial charge is 0.501 e. The van der Waals surface area contributed by atoms with Gasteiger partial charge in [0.05, 0.1) is 10.6 Å². The number of hydrogen-bond acceptors (Lipinski definition) is 7. The van der Waals surface area contributed by atoms with Gasteiger partial charge in [0, 0.05) is 18.5 Å². The van der Waals surface area contributed by atoms with Crippen LogP contribution in [0.4, 0.5) is 18.9 Å². The minimum atomic E-state index is -5.45. The van der Waals surface area contributed by atoms with Gasteiger partial charge in [-0.05, 0) is 25.1 Å². The smallest absolute Gasteiger partial charge is 0.334 e. The van der Waals surface area contributed by atoms with Crippen LogP contribution in [0.15, 0.2) is 37.9 Å². The van der Waals surface area contributed by atoms with Crippen LogP contribution in [0.2, 0.25) is 0 Å². The van der Waals surface area contributed by atoms with E-state index in [1.165, 1.54) is 22.7 Å². The molecule has 5 nitrogen and oxygen atoms in total. The van der Waals surface area contributed by atoms with Crippen molar-refractivity contribution in [3.05, 3.63) is 28.1 Å². The molecule has 12 heteroatoms. The zero-order valence-electron chi connectivity index (χ0n) is 13.3. The van der Waals surface area contributed by atoms with Crippen molar-refractivity contribution in [1.29, 1.82) is 0 Å². The van der Waals surface area contributed by atoms with E-state index in [0.29, 0.717) is 31.4 Å². The lowest BCUT2D eigenvalue weighted by atomic mass is 10.3. The third kappa shape index (κ3) is 2.92. The summed E-state index contributed by atoms with van der Waals surface area (Å²) in [7, 11) is -3.90. The number of hydrogen-bond donors (Lipinski definition) is 0. The van der Waals surface area contributed by atoms with E-state index in [1.807, 2.05) is 0 Å². The molecule has 0 spiro atoms. The second-order valence-electron chi connectivity index (χ2n) is 5.29. The molecule has 1 amide bonds. The lowest BCUT2D eigenvalue weighted by Gasteiger charge is -2.19. The number of rotatable bonds is 2. The first-order chi connectivity index (χ1) is 12.0. The monoisotopic (exact) mass is 440 g/mol. The molecule has 2 heterocycles. The molecule has 26 heavy (non-hydrogen) atoms. The highest BCUT2D eigenvalue weighted by atomic mass is 32.2. The molecule has 1 saturated heterocycles. The zero-order chi connectivity index (χ0) is 19.4. The number of thioether (sulfide) groups is 2. The van der Waals surface area contributed by atoms with Gasteiger partial charge in [-0.2, -0.15) is 13.2 Å². The second kappa shape index (κ2) is 6.43. The second-order valence-corrected chi connectivity index (χ2v) is 9.91. The molecule has 0 aliphatic carbocycles. The van der Waals surface area contributed by atoms with Gasteiger partial charge in [0.15, 0.2) is 0 Å². The summed E-state index contributed by atoms with van der Waals surface area (Å²) < 4.78 is 62.2. The number of benzene rings is 1. The number of carbonyl (C=O) groups is 1. The van der Waals surface area contributed by atoms with E-state index in [1.54, 1.807) is 18.9 Å². The quantitative estimate of drug-likeness (QED) is 0.515. The minimum absolute atomic E-state index is 0.295. The molecule has 3 rings (SSSR count). The molecule has 0 radical (unpaired) electrons. The van der Waals surface area contributed by atoms with Crippen molar-refractivity contribution in [3.63, 3.8) is 0 Å². The van der Waals surface area contributed by atoms with E-state index in [4.69, 9.17) is 12.2 Å². The Hall–Kier alpha value is -1.24. The summed E-state index contributed by atoms with van der Waals surface area (Å²) in [6.45, 7) is 2.10. The van der Waals surface area contributed by atoms with Crippen LogP contribution in [0.3, 0.4) is 0 Å². The van der Waals surface area contributed by atoms with Crippen LogP contribution in [-0.2, 0) is 14.6 Å². The number of carbonyl (C=O) groups excluding carboxylic acids is 1. The van der Waals surface area contributed by atoms with Gasteiger partial charge in [-0.25, -0.2) is 8.42 Å². The predicted molar refractivity (Wildman–Crippen MR) is 98.5 cm³/mol. The van der Waals surface area contributed by atoms with Crippen LogP contribution in [-0.4, -0.2) is 42.6 Å². The summed E-state index contributed by atoms with van der Waals surface area (Å²) in [4.78, 5) is 15.4. The fourth-order valence-electron chi connectivity index (χ4n) is 2.42. The van der Waals surface area contributed by atoms with Gasteiger partial charge in [-0.15, -0.1) is 0 Å². The Morgan fingerprint density at radius 2 is 1.88 bits per heavy atom. The average Bonchev–Trinajstić information content (AvgIpc) is 3.05. The van der Waals surface area contributed by atoms with Gasteiger partial charge >= 0.3 is 5.51 Å². The number of anilines is 1. The van der Waals surface area contributed by atoms with Crippen LogP contribution in [0, 0.1) is 0 Å². The van der Waals surface area contributed by atoms with Gasteiger partial charge in [0.1, 0.15) is 14.3 Å². The number of likely N-dealkylation sites (N-methyl/N-ethyl adjacent to an activating group) is 1. The van der Waals surface area contributed by atoms with E-state index in [2.05, 4.69) is 0 Å². The number of alkyl halides is 3. The Bertz CT molecular complexity index is 957. The van der Waals surface area contributed by atoms with Gasteiger partial charge < -0.3 is 4.90 Å².